The van der Waals surface area contributed by atoms with Crippen LogP contribution in [0.3, 0.4) is 0 Å². The van der Waals surface area contributed by atoms with E-state index in [1.165, 1.54) is 37.3 Å². The normalized spacial score (nSPS) is 20.0. The predicted octanol–water partition coefficient (Wildman–Crippen LogP) is 1.82. The molecule has 61 heavy (non-hydrogen) atoms. The number of phenolic OH excluding ortho intramolecular Hbond substituents is 1. The zero-order chi connectivity index (χ0) is 44.3. The number of aromatic hydroxyl groups is 1. The highest BCUT2D eigenvalue weighted by Gasteiger charge is 2.54. The number of carbonyl (C=O) groups is 4. The number of esters is 1. The fraction of sp³-hybridized carbons (Fsp3) is 0.333. The number of hydrogen-bond donors (Lipinski definition) is 9. The van der Waals surface area contributed by atoms with Crippen molar-refractivity contribution in [3.8, 4) is 17.2 Å². The minimum Gasteiger partial charge on any atom is -0.507 e. The molecule has 0 radical (unpaired) electrons. The summed E-state index contributed by atoms with van der Waals surface area (Å²) in [6, 6.07) is 14.0. The van der Waals surface area contributed by atoms with E-state index in [1.807, 2.05) is 6.07 Å². The first-order valence-electron chi connectivity index (χ1n) is 19.5. The molecule has 4 aromatic rings. The van der Waals surface area contributed by atoms with Crippen LogP contribution in [0.5, 0.6) is 17.2 Å². The van der Waals surface area contributed by atoms with Crippen molar-refractivity contribution in [2.45, 2.75) is 89.2 Å². The Morgan fingerprint density at radius 3 is 2.28 bits per heavy atom. The van der Waals surface area contributed by atoms with Gasteiger partial charge in [-0.3, -0.25) is 19.2 Å². The third-order valence-corrected chi connectivity index (χ3v) is 10.8. The molecule has 1 fully saturated rings. The summed E-state index contributed by atoms with van der Waals surface area (Å²) in [6.45, 7) is 1.50. The smallest absolute Gasteiger partial charge is 0.308 e. The van der Waals surface area contributed by atoms with Crippen molar-refractivity contribution in [1.82, 2.24) is 0 Å². The number of phenols is 1. The van der Waals surface area contributed by atoms with E-state index in [1.54, 1.807) is 24.3 Å². The second-order valence-corrected chi connectivity index (χ2v) is 15.0. The number of aldehydes is 1. The monoisotopic (exact) mass is 841 g/mol. The zero-order valence-electron chi connectivity index (χ0n) is 33.3. The predicted molar refractivity (Wildman–Crippen MR) is 217 cm³/mol. The fourth-order valence-electron chi connectivity index (χ4n) is 7.71. The average Bonchev–Trinajstić information content (AvgIpc) is 3.23. The van der Waals surface area contributed by atoms with E-state index in [0.717, 1.165) is 18.6 Å². The molecule has 5 atom stereocenters. The van der Waals surface area contributed by atoms with E-state index >= 15 is 0 Å². The number of aliphatic hydroxyl groups excluding tert-OH is 5. The lowest BCUT2D eigenvalue weighted by atomic mass is 9.77. The van der Waals surface area contributed by atoms with Crippen molar-refractivity contribution in [2.75, 3.05) is 6.54 Å². The lowest BCUT2D eigenvalue weighted by Gasteiger charge is -2.44. The molecule has 5 unspecified atom stereocenters. The molecular weight excluding hydrogens is 794 g/mol. The van der Waals surface area contributed by atoms with Crippen LogP contribution >= 0.6 is 0 Å². The summed E-state index contributed by atoms with van der Waals surface area (Å²) in [5.41, 5.74) is 5.52. The van der Waals surface area contributed by atoms with Gasteiger partial charge in [-0.25, -0.2) is 0 Å². The first-order valence-corrected chi connectivity index (χ1v) is 19.5. The van der Waals surface area contributed by atoms with E-state index in [2.05, 4.69) is 0 Å². The molecule has 10 N–H and O–H groups in total. The molecule has 0 amide bonds. The molecule has 0 aromatic heterocycles. The Labute approximate surface area is 349 Å². The molecule has 322 valence electrons. The van der Waals surface area contributed by atoms with Crippen molar-refractivity contribution in [3.63, 3.8) is 0 Å². The van der Waals surface area contributed by atoms with Crippen LogP contribution in [0.25, 0.3) is 12.2 Å². The van der Waals surface area contributed by atoms with Gasteiger partial charge in [-0.1, -0.05) is 48.5 Å². The minimum atomic E-state index is -3.15. The van der Waals surface area contributed by atoms with E-state index < -0.39 is 89.9 Å². The Balaban J connectivity index is 1.54. The van der Waals surface area contributed by atoms with Crippen LogP contribution in [0.2, 0.25) is 0 Å². The standard InChI is InChI=1S/C45H47NO15/c1-22-42(55)45(57,58)43(56)44(59-22)61-35-18-32-38(39(52)31(35)16-26-8-4-9-27(19-47)33(26)21-49)41(54)36-28(20-48)17-34(60-23(2)50)30(37(36)40(32)53)12-11-24-6-3-7-25(14-24)15-29(51)10-5-13-46/h3-4,6-9,11-12,14,17-18,21-22,29,42-44,47-48,51-52,55-58H,5,10,13,15-16,19-20,46H2,1-2H3. The number of ether oxygens (including phenoxy) is 3. The molecule has 1 saturated heterocycles. The van der Waals surface area contributed by atoms with Crippen LogP contribution in [0.4, 0.5) is 0 Å². The van der Waals surface area contributed by atoms with E-state index in [-0.39, 0.29) is 56.7 Å². The highest BCUT2D eigenvalue weighted by molar-refractivity contribution is 6.31. The third kappa shape index (κ3) is 8.90. The van der Waals surface area contributed by atoms with Gasteiger partial charge in [0.05, 0.1) is 31.0 Å². The largest absolute Gasteiger partial charge is 0.507 e. The lowest BCUT2D eigenvalue weighted by Crippen LogP contribution is -2.67. The highest BCUT2D eigenvalue weighted by Crippen LogP contribution is 2.45. The molecule has 0 saturated carbocycles. The first-order chi connectivity index (χ1) is 29.0. The van der Waals surface area contributed by atoms with Gasteiger partial charge in [0.15, 0.2) is 24.0 Å². The Morgan fingerprint density at radius 2 is 1.61 bits per heavy atom. The van der Waals surface area contributed by atoms with Crippen molar-refractivity contribution >= 4 is 36.0 Å². The van der Waals surface area contributed by atoms with E-state index in [9.17, 15) is 60.0 Å². The van der Waals surface area contributed by atoms with Gasteiger partial charge in [0.25, 0.3) is 0 Å². The fourth-order valence-corrected chi connectivity index (χ4v) is 7.71. The van der Waals surface area contributed by atoms with Gasteiger partial charge < -0.3 is 60.8 Å². The molecule has 0 spiro atoms. The second-order valence-electron chi connectivity index (χ2n) is 15.0. The van der Waals surface area contributed by atoms with Crippen LogP contribution < -0.4 is 15.2 Å². The van der Waals surface area contributed by atoms with Crippen molar-refractivity contribution in [3.05, 3.63) is 121 Å². The van der Waals surface area contributed by atoms with Crippen molar-refractivity contribution in [2.24, 2.45) is 5.73 Å². The van der Waals surface area contributed by atoms with Gasteiger partial charge in [0.1, 0.15) is 23.4 Å². The van der Waals surface area contributed by atoms with Gasteiger partial charge in [0.2, 0.25) is 12.1 Å². The summed E-state index contributed by atoms with van der Waals surface area (Å²) in [7, 11) is 0. The van der Waals surface area contributed by atoms with Gasteiger partial charge >= 0.3 is 5.97 Å². The Morgan fingerprint density at radius 1 is 0.902 bits per heavy atom. The summed E-state index contributed by atoms with van der Waals surface area (Å²) in [6.07, 6.45) is -3.61. The van der Waals surface area contributed by atoms with Gasteiger partial charge in [-0.05, 0) is 78.8 Å². The summed E-state index contributed by atoms with van der Waals surface area (Å²) < 4.78 is 17.1. The number of carbonyl (C=O) groups excluding carboxylic acids is 4. The molecule has 0 bridgehead atoms. The number of rotatable bonds is 15. The van der Waals surface area contributed by atoms with Crippen LogP contribution in [0, 0.1) is 0 Å². The lowest BCUT2D eigenvalue weighted by molar-refractivity contribution is -0.371. The summed E-state index contributed by atoms with van der Waals surface area (Å²) >= 11 is 0. The van der Waals surface area contributed by atoms with Gasteiger partial charge in [-0.15, -0.1) is 0 Å². The van der Waals surface area contributed by atoms with Crippen LogP contribution in [-0.2, 0) is 35.6 Å². The van der Waals surface area contributed by atoms with Gasteiger partial charge in [0, 0.05) is 46.7 Å². The number of benzene rings is 4. The number of fused-ring (bicyclic) bond motifs is 2. The maximum absolute atomic E-state index is 14.9. The molecule has 4 aromatic carbocycles. The summed E-state index contributed by atoms with van der Waals surface area (Å²) in [5, 5.41) is 85.4. The highest BCUT2D eigenvalue weighted by atomic mass is 16.7. The Kier molecular flexibility index (Phi) is 13.6. The topological polar surface area (TPSA) is 284 Å². The van der Waals surface area contributed by atoms with Crippen LogP contribution in [0.15, 0.2) is 54.6 Å². The summed E-state index contributed by atoms with van der Waals surface area (Å²) in [4.78, 5) is 54.2. The van der Waals surface area contributed by atoms with Crippen LogP contribution in [-0.4, -0.2) is 108 Å². The first kappa shape index (κ1) is 44.9. The van der Waals surface area contributed by atoms with Crippen molar-refractivity contribution in [1.29, 1.82) is 0 Å². The van der Waals surface area contributed by atoms with Crippen molar-refractivity contribution < 1.29 is 74.2 Å². The molecule has 1 heterocycles. The molecule has 1 aliphatic heterocycles. The minimum absolute atomic E-state index is 0.0403. The molecular formula is C45H47NO15. The molecule has 2 aliphatic rings. The number of ketones is 2. The zero-order valence-corrected chi connectivity index (χ0v) is 33.3. The third-order valence-electron chi connectivity index (χ3n) is 10.8. The van der Waals surface area contributed by atoms with Gasteiger partial charge in [-0.2, -0.15) is 0 Å². The second kappa shape index (κ2) is 18.5. The maximum Gasteiger partial charge on any atom is 0.308 e. The summed E-state index contributed by atoms with van der Waals surface area (Å²) in [5.74, 6) is -7.17. The number of aliphatic hydroxyl groups is 7. The molecule has 16 heteroatoms. The Hall–Kier alpha value is -5.66. The number of hydrogen-bond acceptors (Lipinski definition) is 16. The molecule has 16 nitrogen and oxygen atoms in total. The molecule has 1 aliphatic carbocycles. The average molecular weight is 842 g/mol. The van der Waals surface area contributed by atoms with E-state index in [4.69, 9.17) is 19.9 Å². The van der Waals surface area contributed by atoms with Crippen LogP contribution in [0.1, 0.15) is 108 Å². The number of nitrogens with two attached hydrogens (primary N) is 1. The SMILES string of the molecule is CC(=O)Oc1cc(CO)c2c(c1C=Cc1cccc(CC(O)CCCN)c1)C(=O)c1cc(OC3OC(C)C(O)C(O)(O)C3O)c(Cc3cccc(CO)c3C=O)c(O)c1C2=O. The molecule has 6 rings (SSSR count). The quantitative estimate of drug-likeness (QED) is 0.0239. The Bertz CT molecular complexity index is 2390. The van der Waals surface area contributed by atoms with E-state index in [0.29, 0.717) is 37.7 Å². The maximum atomic E-state index is 14.9.